The third-order valence-corrected chi connectivity index (χ3v) is 3.89. The highest BCUT2D eigenvalue weighted by atomic mass is 16.6. The minimum Gasteiger partial charge on any atom is -0.345 e. The molecule has 1 amide bonds. The molecule has 0 aliphatic carbocycles. The predicted octanol–water partition coefficient (Wildman–Crippen LogP) is 1.60. The highest BCUT2D eigenvalue weighted by Crippen LogP contribution is 2.19. The van der Waals surface area contributed by atoms with Crippen molar-refractivity contribution in [3.63, 3.8) is 0 Å². The molecule has 0 spiro atoms. The van der Waals surface area contributed by atoms with Gasteiger partial charge in [-0.15, -0.1) is 0 Å². The van der Waals surface area contributed by atoms with E-state index in [4.69, 9.17) is 0 Å². The number of benzene rings is 1. The van der Waals surface area contributed by atoms with Gasteiger partial charge in [0.05, 0.1) is 11.3 Å². The Bertz CT molecular complexity index is 513. The molecule has 1 N–H and O–H groups in total. The Morgan fingerprint density at radius 3 is 2.90 bits per heavy atom. The summed E-state index contributed by atoms with van der Waals surface area (Å²) < 4.78 is 0. The fourth-order valence-electron chi connectivity index (χ4n) is 2.71. The molecule has 1 unspecified atom stereocenters. The average Bonchev–Trinajstić information content (AvgIpc) is 2.48. The highest BCUT2D eigenvalue weighted by molar-refractivity contribution is 5.79. The molecule has 0 radical (unpaired) electrons. The topological polar surface area (TPSA) is 75.5 Å². The van der Waals surface area contributed by atoms with Gasteiger partial charge in [0.25, 0.3) is 5.69 Å². The lowest BCUT2D eigenvalue weighted by molar-refractivity contribution is -0.385. The summed E-state index contributed by atoms with van der Waals surface area (Å²) in [5.74, 6) is 0.397. The molecule has 1 aliphatic rings. The fourth-order valence-corrected chi connectivity index (χ4v) is 2.71. The van der Waals surface area contributed by atoms with Crippen LogP contribution in [0.2, 0.25) is 0 Å². The Morgan fingerprint density at radius 2 is 2.24 bits per heavy atom. The van der Waals surface area contributed by atoms with Gasteiger partial charge in [0, 0.05) is 25.2 Å². The van der Waals surface area contributed by atoms with Crippen LogP contribution in [0, 0.1) is 16.0 Å². The van der Waals surface area contributed by atoms with Crippen LogP contribution in [-0.2, 0) is 11.2 Å². The molecule has 114 valence electrons. The van der Waals surface area contributed by atoms with E-state index in [1.54, 1.807) is 30.1 Å². The monoisotopic (exact) mass is 291 g/mol. The van der Waals surface area contributed by atoms with Gasteiger partial charge in [-0.3, -0.25) is 14.9 Å². The molecule has 1 aromatic rings. The Balaban J connectivity index is 1.95. The largest absolute Gasteiger partial charge is 0.345 e. The minimum atomic E-state index is -0.437. The zero-order chi connectivity index (χ0) is 15.2. The van der Waals surface area contributed by atoms with E-state index < -0.39 is 4.92 Å². The van der Waals surface area contributed by atoms with E-state index in [1.165, 1.54) is 6.07 Å². The maximum absolute atomic E-state index is 12.2. The molecular weight excluding hydrogens is 270 g/mol. The summed E-state index contributed by atoms with van der Waals surface area (Å²) in [5.41, 5.74) is 0.486. The van der Waals surface area contributed by atoms with Gasteiger partial charge in [-0.1, -0.05) is 18.2 Å². The molecule has 0 bridgehead atoms. The van der Waals surface area contributed by atoms with Gasteiger partial charge in [-0.2, -0.15) is 0 Å². The van der Waals surface area contributed by atoms with Crippen LogP contribution < -0.4 is 5.32 Å². The maximum atomic E-state index is 12.2. The van der Waals surface area contributed by atoms with Crippen molar-refractivity contribution in [1.82, 2.24) is 10.2 Å². The second-order valence-electron chi connectivity index (χ2n) is 5.55. The number of piperidine rings is 1. The van der Waals surface area contributed by atoms with Crippen molar-refractivity contribution in [1.29, 1.82) is 0 Å². The molecule has 2 rings (SSSR count). The number of nitro groups is 1. The van der Waals surface area contributed by atoms with E-state index in [1.807, 2.05) is 0 Å². The number of likely N-dealkylation sites (N-methyl/N-ethyl adjacent to an activating group) is 1. The Labute approximate surface area is 124 Å². The van der Waals surface area contributed by atoms with Gasteiger partial charge in [0.1, 0.15) is 0 Å². The van der Waals surface area contributed by atoms with Gasteiger partial charge >= 0.3 is 0 Å². The van der Waals surface area contributed by atoms with Gasteiger partial charge in [-0.25, -0.2) is 0 Å². The van der Waals surface area contributed by atoms with Crippen LogP contribution in [-0.4, -0.2) is 42.4 Å². The van der Waals surface area contributed by atoms with Crippen molar-refractivity contribution in [2.24, 2.45) is 5.92 Å². The van der Waals surface area contributed by atoms with Crippen molar-refractivity contribution >= 4 is 11.6 Å². The van der Waals surface area contributed by atoms with Crippen molar-refractivity contribution in [3.8, 4) is 0 Å². The summed E-state index contributed by atoms with van der Waals surface area (Å²) in [5, 5.41) is 14.3. The number of nitrogens with zero attached hydrogens (tertiary/aromatic N) is 2. The van der Waals surface area contributed by atoms with E-state index >= 15 is 0 Å². The lowest BCUT2D eigenvalue weighted by Gasteiger charge is -2.27. The SMILES string of the molecule is CN(CC1CCCNC1)C(=O)Cc1ccccc1[N+](=O)[O-]. The van der Waals surface area contributed by atoms with E-state index in [0.717, 1.165) is 25.9 Å². The second-order valence-corrected chi connectivity index (χ2v) is 5.55. The van der Waals surface area contributed by atoms with E-state index in [0.29, 0.717) is 18.0 Å². The summed E-state index contributed by atoms with van der Waals surface area (Å²) in [7, 11) is 1.77. The van der Waals surface area contributed by atoms with Crippen LogP contribution in [0.15, 0.2) is 24.3 Å². The third kappa shape index (κ3) is 4.26. The average molecular weight is 291 g/mol. The van der Waals surface area contributed by atoms with Crippen LogP contribution >= 0.6 is 0 Å². The Kier molecular flexibility index (Phi) is 5.27. The molecule has 1 saturated heterocycles. The smallest absolute Gasteiger partial charge is 0.273 e. The van der Waals surface area contributed by atoms with Crippen LogP contribution in [0.3, 0.4) is 0 Å². The highest BCUT2D eigenvalue weighted by Gasteiger charge is 2.21. The molecule has 1 fully saturated rings. The summed E-state index contributed by atoms with van der Waals surface area (Å²) in [4.78, 5) is 24.5. The molecule has 1 heterocycles. The second kappa shape index (κ2) is 7.17. The zero-order valence-corrected chi connectivity index (χ0v) is 12.2. The fraction of sp³-hybridized carbons (Fsp3) is 0.533. The summed E-state index contributed by atoms with van der Waals surface area (Å²) in [6.07, 6.45) is 2.33. The summed E-state index contributed by atoms with van der Waals surface area (Å²) in [6, 6.07) is 6.42. The number of nitrogens with one attached hydrogen (secondary N) is 1. The first-order valence-corrected chi connectivity index (χ1v) is 7.25. The van der Waals surface area contributed by atoms with E-state index in [2.05, 4.69) is 5.32 Å². The number of rotatable bonds is 5. The number of hydrogen-bond acceptors (Lipinski definition) is 4. The first-order valence-electron chi connectivity index (χ1n) is 7.25. The van der Waals surface area contributed by atoms with Gasteiger partial charge in [0.15, 0.2) is 0 Å². The first kappa shape index (κ1) is 15.4. The van der Waals surface area contributed by atoms with Gasteiger partial charge in [-0.05, 0) is 31.8 Å². The van der Waals surface area contributed by atoms with Crippen LogP contribution in [0.25, 0.3) is 0 Å². The predicted molar refractivity (Wildman–Crippen MR) is 80.0 cm³/mol. The molecule has 1 atom stereocenters. The Morgan fingerprint density at radius 1 is 1.48 bits per heavy atom. The summed E-state index contributed by atoms with van der Waals surface area (Å²) >= 11 is 0. The van der Waals surface area contributed by atoms with Crippen molar-refractivity contribution < 1.29 is 9.72 Å². The van der Waals surface area contributed by atoms with Crippen molar-refractivity contribution in [2.45, 2.75) is 19.3 Å². The molecule has 21 heavy (non-hydrogen) atoms. The zero-order valence-electron chi connectivity index (χ0n) is 12.2. The number of para-hydroxylation sites is 1. The van der Waals surface area contributed by atoms with Crippen molar-refractivity contribution in [2.75, 3.05) is 26.7 Å². The Hall–Kier alpha value is -1.95. The number of hydrogen-bond donors (Lipinski definition) is 1. The molecule has 1 aliphatic heterocycles. The molecule has 0 aromatic heterocycles. The maximum Gasteiger partial charge on any atom is 0.273 e. The number of amides is 1. The first-order chi connectivity index (χ1) is 10.1. The molecule has 6 nitrogen and oxygen atoms in total. The van der Waals surface area contributed by atoms with Crippen LogP contribution in [0.5, 0.6) is 0 Å². The quantitative estimate of drug-likeness (QED) is 0.660. The third-order valence-electron chi connectivity index (χ3n) is 3.89. The molecular formula is C15H21N3O3. The van der Waals surface area contributed by atoms with Crippen molar-refractivity contribution in [3.05, 3.63) is 39.9 Å². The van der Waals surface area contributed by atoms with E-state index in [-0.39, 0.29) is 18.0 Å². The lowest BCUT2D eigenvalue weighted by Crippen LogP contribution is -2.39. The van der Waals surface area contributed by atoms with Crippen LogP contribution in [0.4, 0.5) is 5.69 Å². The summed E-state index contributed by atoms with van der Waals surface area (Å²) in [6.45, 7) is 2.68. The van der Waals surface area contributed by atoms with E-state index in [9.17, 15) is 14.9 Å². The van der Waals surface area contributed by atoms with Gasteiger partial charge in [0.2, 0.25) is 5.91 Å². The number of carbonyl (C=O) groups excluding carboxylic acids is 1. The van der Waals surface area contributed by atoms with Gasteiger partial charge < -0.3 is 10.2 Å². The normalized spacial score (nSPS) is 18.2. The number of carbonyl (C=O) groups is 1. The standard InChI is InChI=1S/C15H21N3O3/c1-17(11-12-5-4-8-16-10-12)15(19)9-13-6-2-3-7-14(13)18(20)21/h2-3,6-7,12,16H,4-5,8-11H2,1H3. The molecule has 6 heteroatoms. The lowest BCUT2D eigenvalue weighted by atomic mass is 9.99. The minimum absolute atomic E-state index is 0.0126. The molecule has 1 aromatic carbocycles. The molecule has 0 saturated carbocycles. The van der Waals surface area contributed by atoms with Crippen LogP contribution in [0.1, 0.15) is 18.4 Å². The number of nitro benzene ring substituents is 1.